The first-order valence-electron chi connectivity index (χ1n) is 5.45. The minimum absolute atomic E-state index is 0. The zero-order valence-electron chi connectivity index (χ0n) is 14.8. The molecule has 15 heteroatoms. The van der Waals surface area contributed by atoms with E-state index in [1.807, 2.05) is 0 Å². The van der Waals surface area contributed by atoms with Gasteiger partial charge in [0.1, 0.15) is 0 Å². The SMILES string of the molecule is CC(=O)[O-].CC(=O)[O-].CC(=O)[O-].CC(=O)[O-].CC(=O)[O-].CC(=O)[O-].[Cu+2].[Cu+2].[Cu+2]. The van der Waals surface area contributed by atoms with Crippen molar-refractivity contribution in [3.8, 4) is 0 Å². The number of hydrogen-bond donors (Lipinski definition) is 0. The van der Waals surface area contributed by atoms with E-state index in [1.165, 1.54) is 0 Å². The Morgan fingerprint density at radius 2 is 0.333 bits per heavy atom. The Hall–Kier alpha value is -1.62. The molecule has 0 atom stereocenters. The van der Waals surface area contributed by atoms with Crippen LogP contribution in [0.1, 0.15) is 41.5 Å². The van der Waals surface area contributed by atoms with Crippen LogP contribution in [0.4, 0.5) is 0 Å². The molecule has 0 saturated heterocycles. The van der Waals surface area contributed by atoms with Gasteiger partial charge in [-0.05, 0) is 41.5 Å². The summed E-state index contributed by atoms with van der Waals surface area (Å²) in [6.45, 7) is 5.83. The van der Waals surface area contributed by atoms with Crippen molar-refractivity contribution >= 4 is 35.8 Å². The maximum atomic E-state index is 8.89. The first-order chi connectivity index (χ1) is 10.4. The van der Waals surface area contributed by atoms with Gasteiger partial charge in [0.2, 0.25) is 0 Å². The monoisotopic (exact) mass is 543 g/mol. The van der Waals surface area contributed by atoms with Crippen molar-refractivity contribution in [2.24, 2.45) is 0 Å². The van der Waals surface area contributed by atoms with Crippen LogP contribution in [0.3, 0.4) is 0 Å². The molecule has 3 radical (unpaired) electrons. The molecule has 171 valence electrons. The van der Waals surface area contributed by atoms with Crippen LogP contribution >= 0.6 is 0 Å². The zero-order valence-corrected chi connectivity index (χ0v) is 17.6. The second-order valence-electron chi connectivity index (χ2n) is 2.95. The number of carboxylic acid groups (broad SMARTS) is 6. The van der Waals surface area contributed by atoms with Crippen LogP contribution in [0.2, 0.25) is 0 Å². The van der Waals surface area contributed by atoms with Gasteiger partial charge < -0.3 is 59.4 Å². The molecule has 0 rings (SSSR count). The minimum atomic E-state index is -1.08. The third kappa shape index (κ3) is 4640. The van der Waals surface area contributed by atoms with Crippen molar-refractivity contribution in [2.75, 3.05) is 0 Å². The van der Waals surface area contributed by atoms with Crippen LogP contribution in [-0.4, -0.2) is 35.8 Å². The summed E-state index contributed by atoms with van der Waals surface area (Å²) in [4.78, 5) is 53.3. The molecule has 0 aromatic heterocycles. The van der Waals surface area contributed by atoms with E-state index < -0.39 is 35.8 Å². The van der Waals surface area contributed by atoms with Gasteiger partial charge in [-0.1, -0.05) is 0 Å². The summed E-state index contributed by atoms with van der Waals surface area (Å²) in [5, 5.41) is 53.3. The van der Waals surface area contributed by atoms with Gasteiger partial charge in [-0.15, -0.1) is 0 Å². The van der Waals surface area contributed by atoms with E-state index in [1.54, 1.807) is 0 Å². The van der Waals surface area contributed by atoms with Crippen LogP contribution in [0.15, 0.2) is 0 Å². The third-order valence-corrected chi connectivity index (χ3v) is 0. The van der Waals surface area contributed by atoms with E-state index >= 15 is 0 Å². The minimum Gasteiger partial charge on any atom is -0.550 e. The van der Waals surface area contributed by atoms with Crippen molar-refractivity contribution in [3.05, 3.63) is 0 Å². The van der Waals surface area contributed by atoms with E-state index in [4.69, 9.17) is 59.4 Å². The van der Waals surface area contributed by atoms with Gasteiger partial charge >= 0.3 is 51.2 Å². The molecule has 0 spiro atoms. The summed E-state index contributed by atoms with van der Waals surface area (Å²) >= 11 is 0. The molecule has 0 aromatic rings. The largest absolute Gasteiger partial charge is 2.00 e. The number of carbonyl (C=O) groups is 6. The topological polar surface area (TPSA) is 241 Å². The molecule has 12 nitrogen and oxygen atoms in total. The predicted octanol–water partition coefficient (Wildman–Crippen LogP) is -7.47. The fourth-order valence-electron chi connectivity index (χ4n) is 0. The molecule has 0 heterocycles. The molecule has 0 aliphatic carbocycles. The maximum Gasteiger partial charge on any atom is 2.00 e. The molecule has 0 saturated carbocycles. The van der Waals surface area contributed by atoms with Crippen molar-refractivity contribution in [1.82, 2.24) is 0 Å². The molecule has 0 unspecified atom stereocenters. The summed E-state index contributed by atoms with van der Waals surface area (Å²) in [6, 6.07) is 0. The first kappa shape index (κ1) is 56.2. The second kappa shape index (κ2) is 49.7. The van der Waals surface area contributed by atoms with Gasteiger partial charge in [0.25, 0.3) is 0 Å². The fraction of sp³-hybridized carbons (Fsp3) is 0.500. The molecule has 0 N–H and O–H groups in total. The van der Waals surface area contributed by atoms with Crippen molar-refractivity contribution < 1.29 is 111 Å². The molecule has 0 fully saturated rings. The number of carboxylic acids is 6. The van der Waals surface area contributed by atoms with Gasteiger partial charge in [-0.2, -0.15) is 0 Å². The summed E-state index contributed by atoms with van der Waals surface area (Å²) < 4.78 is 0. The standard InChI is InChI=1S/6C2H4O2.3Cu/c6*1-2(3)4;;;/h6*1H3,(H,3,4);;;/q;;;;;;3*+2/p-6. The van der Waals surface area contributed by atoms with E-state index in [-0.39, 0.29) is 51.2 Å². The van der Waals surface area contributed by atoms with Gasteiger partial charge in [0.15, 0.2) is 0 Å². The quantitative estimate of drug-likeness (QED) is 0.258. The number of rotatable bonds is 0. The van der Waals surface area contributed by atoms with Crippen LogP contribution < -0.4 is 30.6 Å². The van der Waals surface area contributed by atoms with Gasteiger partial charge in [0.05, 0.1) is 0 Å². The molecule has 0 amide bonds. The van der Waals surface area contributed by atoms with Crippen molar-refractivity contribution in [2.45, 2.75) is 41.5 Å². The molecule has 0 aliphatic rings. The molecule has 0 bridgehead atoms. The summed E-state index contributed by atoms with van der Waals surface area (Å²) in [5.74, 6) is -6.50. The second-order valence-corrected chi connectivity index (χ2v) is 2.95. The maximum absolute atomic E-state index is 8.89. The molecule has 0 aromatic carbocycles. The predicted molar refractivity (Wildman–Crippen MR) is 64.1 cm³/mol. The Labute approximate surface area is 187 Å². The molecule has 0 aliphatic heterocycles. The van der Waals surface area contributed by atoms with Crippen LogP contribution in [0.25, 0.3) is 0 Å². The zero-order chi connectivity index (χ0) is 21.5. The van der Waals surface area contributed by atoms with Gasteiger partial charge in [-0.25, -0.2) is 0 Å². The fourth-order valence-corrected chi connectivity index (χ4v) is 0. The smallest absolute Gasteiger partial charge is 0.550 e. The number of aliphatic carboxylic acids is 6. The summed E-state index contributed by atoms with van der Waals surface area (Å²) in [7, 11) is 0. The van der Waals surface area contributed by atoms with Gasteiger partial charge in [0, 0.05) is 35.8 Å². The third-order valence-electron chi connectivity index (χ3n) is 0. The van der Waals surface area contributed by atoms with E-state index in [2.05, 4.69) is 0 Å². The summed E-state index contributed by atoms with van der Waals surface area (Å²) in [5.41, 5.74) is 0. The number of carbonyl (C=O) groups excluding carboxylic acids is 6. The Bertz CT molecular complexity index is 269. The average Bonchev–Trinajstić information content (AvgIpc) is 2.08. The Balaban J connectivity index is -0.0000000201. The van der Waals surface area contributed by atoms with E-state index in [0.717, 1.165) is 41.5 Å². The molecule has 27 heavy (non-hydrogen) atoms. The molecular weight excluding hydrogens is 527 g/mol. The number of hydrogen-bond acceptors (Lipinski definition) is 12. The Morgan fingerprint density at radius 3 is 0.333 bits per heavy atom. The van der Waals surface area contributed by atoms with Crippen LogP contribution in [0.5, 0.6) is 0 Å². The van der Waals surface area contributed by atoms with Gasteiger partial charge in [-0.3, -0.25) is 0 Å². The van der Waals surface area contributed by atoms with E-state index in [0.29, 0.717) is 0 Å². The van der Waals surface area contributed by atoms with Crippen LogP contribution in [-0.2, 0) is 80.0 Å². The Morgan fingerprint density at radius 1 is 0.333 bits per heavy atom. The first-order valence-corrected chi connectivity index (χ1v) is 5.45. The normalized spacial score (nSPS) is 5.56. The summed E-state index contributed by atoms with van der Waals surface area (Å²) in [6.07, 6.45) is 0. The van der Waals surface area contributed by atoms with Crippen molar-refractivity contribution in [3.63, 3.8) is 0 Å². The Kier molecular flexibility index (Phi) is 103. The van der Waals surface area contributed by atoms with Crippen LogP contribution in [0, 0.1) is 0 Å². The van der Waals surface area contributed by atoms with Crippen molar-refractivity contribution in [1.29, 1.82) is 0 Å². The average molecular weight is 545 g/mol. The van der Waals surface area contributed by atoms with E-state index in [9.17, 15) is 0 Å². The molecular formula is C12H18Cu3O12.